The number of nitrogens with one attached hydrogen (secondary N) is 2. The van der Waals surface area contributed by atoms with Gasteiger partial charge in [0.25, 0.3) is 5.91 Å². The van der Waals surface area contributed by atoms with Crippen LogP contribution in [0.1, 0.15) is 36.4 Å². The molecule has 5 rings (SSSR count). The minimum absolute atomic E-state index is 0.00116. The van der Waals surface area contributed by atoms with Crippen molar-refractivity contribution in [2.45, 2.75) is 38.8 Å². The Morgan fingerprint density at radius 3 is 2.94 bits per heavy atom. The molecule has 4 heterocycles. The fourth-order valence-corrected chi connectivity index (χ4v) is 5.67. The molecule has 4 amide bonds. The van der Waals surface area contributed by atoms with Crippen LogP contribution >= 0.6 is 11.3 Å². The van der Waals surface area contributed by atoms with Gasteiger partial charge in [-0.15, -0.1) is 11.3 Å². The lowest BCUT2D eigenvalue weighted by atomic mass is 10.1. The van der Waals surface area contributed by atoms with Gasteiger partial charge in [-0.25, -0.2) is 9.78 Å². The van der Waals surface area contributed by atoms with Gasteiger partial charge in [0.1, 0.15) is 15.5 Å². The summed E-state index contributed by atoms with van der Waals surface area (Å²) in [7, 11) is 0. The van der Waals surface area contributed by atoms with Crippen LogP contribution < -0.4 is 20.3 Å². The number of carbonyl (C=O) groups excluding carboxylic acids is 3. The maximum absolute atomic E-state index is 13.3. The predicted octanol–water partition coefficient (Wildman–Crippen LogP) is 4.67. The van der Waals surface area contributed by atoms with Crippen molar-refractivity contribution in [3.8, 4) is 5.75 Å². The third kappa shape index (κ3) is 4.39. The van der Waals surface area contributed by atoms with Gasteiger partial charge < -0.3 is 20.3 Å². The number of urea groups is 1. The Morgan fingerprint density at radius 1 is 1.33 bits per heavy atom. The molecule has 36 heavy (non-hydrogen) atoms. The number of hydrogen-bond acceptors (Lipinski definition) is 6. The van der Waals surface area contributed by atoms with Gasteiger partial charge in [0, 0.05) is 31.4 Å². The van der Waals surface area contributed by atoms with E-state index >= 15 is 0 Å². The number of anilines is 3. The summed E-state index contributed by atoms with van der Waals surface area (Å²) in [5, 5.41) is 6.67. The highest BCUT2D eigenvalue weighted by atomic mass is 32.1. The lowest BCUT2D eigenvalue weighted by molar-refractivity contribution is -0.127. The zero-order valence-corrected chi connectivity index (χ0v) is 20.9. The Kier molecular flexibility index (Phi) is 6.36. The number of hydrogen-bond donors (Lipinski definition) is 2. The van der Waals surface area contributed by atoms with E-state index in [9.17, 15) is 14.4 Å². The fourth-order valence-electron chi connectivity index (χ4n) is 4.64. The number of carbonyl (C=O) groups is 3. The van der Waals surface area contributed by atoms with E-state index in [-0.39, 0.29) is 30.0 Å². The molecule has 1 fully saturated rings. The quantitative estimate of drug-likeness (QED) is 0.474. The molecule has 2 aromatic heterocycles. The first-order valence-corrected chi connectivity index (χ1v) is 12.7. The van der Waals surface area contributed by atoms with Gasteiger partial charge in [0.2, 0.25) is 5.91 Å². The van der Waals surface area contributed by atoms with Crippen molar-refractivity contribution in [3.63, 3.8) is 0 Å². The zero-order chi connectivity index (χ0) is 25.4. The third-order valence-electron chi connectivity index (χ3n) is 6.14. The van der Waals surface area contributed by atoms with Crippen molar-refractivity contribution in [2.24, 2.45) is 0 Å². The standard InChI is InChI=1S/C26H27N5O4S/c1-4-20(32)30-12-6-7-16(14-30)28-24(33)23-22-21-19(10-11-27-25(21)36-23)31(26(34)29-22)17-8-5-9-18(13-17)35-15(2)3/h4-5,8-11,13,15-16H,1,6-7,12,14H2,2-3H3,(H,28,33)(H,29,34)/t16-/m1/s1. The lowest BCUT2D eigenvalue weighted by Crippen LogP contribution is -2.49. The highest BCUT2D eigenvalue weighted by Crippen LogP contribution is 2.46. The molecule has 1 atom stereocenters. The van der Waals surface area contributed by atoms with Gasteiger partial charge in [-0.05, 0) is 51.0 Å². The summed E-state index contributed by atoms with van der Waals surface area (Å²) in [6.07, 6.45) is 4.49. The summed E-state index contributed by atoms with van der Waals surface area (Å²) in [5.74, 6) is 0.223. The van der Waals surface area contributed by atoms with Crippen LogP contribution in [-0.4, -0.2) is 53.0 Å². The Hall–Kier alpha value is -3.92. The van der Waals surface area contributed by atoms with E-state index in [1.54, 1.807) is 22.1 Å². The average molecular weight is 506 g/mol. The Morgan fingerprint density at radius 2 is 2.17 bits per heavy atom. The van der Waals surface area contributed by atoms with Gasteiger partial charge in [0.05, 0.1) is 28.6 Å². The molecular formula is C26H27N5O4S. The monoisotopic (exact) mass is 505 g/mol. The van der Waals surface area contributed by atoms with Gasteiger partial charge in [-0.1, -0.05) is 12.6 Å². The van der Waals surface area contributed by atoms with Gasteiger partial charge >= 0.3 is 6.03 Å². The highest BCUT2D eigenvalue weighted by Gasteiger charge is 2.34. The van der Waals surface area contributed by atoms with E-state index in [1.165, 1.54) is 17.4 Å². The molecule has 9 nitrogen and oxygen atoms in total. The zero-order valence-electron chi connectivity index (χ0n) is 20.1. The van der Waals surface area contributed by atoms with Crippen LogP contribution in [-0.2, 0) is 4.79 Å². The molecule has 0 spiro atoms. The smallest absolute Gasteiger partial charge is 0.331 e. The van der Waals surface area contributed by atoms with Gasteiger partial charge in [-0.2, -0.15) is 0 Å². The highest BCUT2D eigenvalue weighted by molar-refractivity contribution is 7.21. The second kappa shape index (κ2) is 9.62. The van der Waals surface area contributed by atoms with Gasteiger partial charge in [0.15, 0.2) is 0 Å². The van der Waals surface area contributed by atoms with E-state index in [2.05, 4.69) is 22.2 Å². The molecule has 186 valence electrons. The topological polar surface area (TPSA) is 104 Å². The first kappa shape index (κ1) is 23.8. The molecule has 2 aliphatic heterocycles. The van der Waals surface area contributed by atoms with Crippen LogP contribution in [0, 0.1) is 0 Å². The molecule has 10 heteroatoms. The van der Waals surface area contributed by atoms with Crippen molar-refractivity contribution in [1.29, 1.82) is 0 Å². The number of thiophene rings is 1. The van der Waals surface area contributed by atoms with E-state index in [1.807, 2.05) is 38.1 Å². The maximum atomic E-state index is 13.3. The molecule has 1 saturated heterocycles. The number of benzene rings is 1. The molecule has 1 aromatic carbocycles. The molecule has 0 bridgehead atoms. The molecular weight excluding hydrogens is 478 g/mol. The minimum atomic E-state index is -0.371. The maximum Gasteiger partial charge on any atom is 0.331 e. The number of nitrogens with zero attached hydrogens (tertiary/aromatic N) is 3. The summed E-state index contributed by atoms with van der Waals surface area (Å²) >= 11 is 1.24. The SMILES string of the molecule is C=CC(=O)N1CCC[C@@H](NC(=O)c2sc3nccc4c3c2NC(=O)N4c2cccc(OC(C)C)c2)C1. The summed E-state index contributed by atoms with van der Waals surface area (Å²) in [6.45, 7) is 8.51. The van der Waals surface area contributed by atoms with Crippen molar-refractivity contribution in [3.05, 3.63) is 54.1 Å². The molecule has 0 unspecified atom stereocenters. The summed E-state index contributed by atoms with van der Waals surface area (Å²) in [6, 6.07) is 8.56. The first-order valence-electron chi connectivity index (χ1n) is 11.9. The number of rotatable bonds is 6. The predicted molar refractivity (Wildman–Crippen MR) is 140 cm³/mol. The second-order valence-electron chi connectivity index (χ2n) is 9.05. The lowest BCUT2D eigenvalue weighted by Gasteiger charge is -2.32. The van der Waals surface area contributed by atoms with Crippen LogP contribution in [0.5, 0.6) is 5.75 Å². The largest absolute Gasteiger partial charge is 0.491 e. The fraction of sp³-hybridized carbons (Fsp3) is 0.308. The van der Waals surface area contributed by atoms with Crippen molar-refractivity contribution >= 4 is 56.5 Å². The molecule has 0 aliphatic carbocycles. The second-order valence-corrected chi connectivity index (χ2v) is 10.0. The third-order valence-corrected chi connectivity index (χ3v) is 7.24. The number of pyridine rings is 1. The first-order chi connectivity index (χ1) is 17.4. The Balaban J connectivity index is 1.46. The van der Waals surface area contributed by atoms with Gasteiger partial charge in [-0.3, -0.25) is 14.5 Å². The van der Waals surface area contributed by atoms with E-state index in [0.29, 0.717) is 45.6 Å². The van der Waals surface area contributed by atoms with Crippen LogP contribution in [0.2, 0.25) is 0 Å². The van der Waals surface area contributed by atoms with Crippen LogP contribution in [0.3, 0.4) is 0 Å². The molecule has 2 aliphatic rings. The summed E-state index contributed by atoms with van der Waals surface area (Å²) in [5.41, 5.74) is 1.76. The van der Waals surface area contributed by atoms with Crippen LogP contribution in [0.25, 0.3) is 10.2 Å². The van der Waals surface area contributed by atoms with Crippen molar-refractivity contribution < 1.29 is 19.1 Å². The van der Waals surface area contributed by atoms with E-state index in [4.69, 9.17) is 4.74 Å². The number of aromatic nitrogens is 1. The number of amides is 4. The Bertz CT molecular complexity index is 1370. The normalized spacial score (nSPS) is 17.2. The Labute approximate surface area is 212 Å². The van der Waals surface area contributed by atoms with Crippen LogP contribution in [0.4, 0.5) is 21.9 Å². The minimum Gasteiger partial charge on any atom is -0.491 e. The molecule has 0 radical (unpaired) electrons. The number of piperidine rings is 1. The molecule has 0 saturated carbocycles. The van der Waals surface area contributed by atoms with Crippen molar-refractivity contribution in [2.75, 3.05) is 23.3 Å². The summed E-state index contributed by atoms with van der Waals surface area (Å²) in [4.78, 5) is 47.4. The average Bonchev–Trinajstić information content (AvgIpc) is 3.23. The van der Waals surface area contributed by atoms with Crippen LogP contribution in [0.15, 0.2) is 49.2 Å². The number of likely N-dealkylation sites (tertiary alicyclic amines) is 1. The number of ether oxygens (including phenoxy) is 1. The van der Waals surface area contributed by atoms with E-state index in [0.717, 1.165) is 18.2 Å². The molecule has 3 aromatic rings. The van der Waals surface area contributed by atoms with E-state index < -0.39 is 0 Å². The van der Waals surface area contributed by atoms with Crippen molar-refractivity contribution in [1.82, 2.24) is 15.2 Å². The summed E-state index contributed by atoms with van der Waals surface area (Å²) < 4.78 is 5.81. The molecule has 2 N–H and O–H groups in total.